The summed E-state index contributed by atoms with van der Waals surface area (Å²) in [6, 6.07) is 6.89. The number of halogens is 1. The van der Waals surface area contributed by atoms with Crippen LogP contribution in [0.1, 0.15) is 28.9 Å². The zero-order valence-corrected chi connectivity index (χ0v) is 12.7. The highest BCUT2D eigenvalue weighted by atomic mass is 32.1. The molecule has 4 heteroatoms. The van der Waals surface area contributed by atoms with Gasteiger partial charge in [-0.2, -0.15) is 0 Å². The van der Waals surface area contributed by atoms with Crippen molar-refractivity contribution in [3.05, 3.63) is 35.0 Å². The first-order chi connectivity index (χ1) is 10.2. The molecule has 3 aliphatic rings. The summed E-state index contributed by atoms with van der Waals surface area (Å²) in [6.45, 7) is 3.46. The molecule has 21 heavy (non-hydrogen) atoms. The lowest BCUT2D eigenvalue weighted by Gasteiger charge is -2.44. The summed E-state index contributed by atoms with van der Waals surface area (Å²) in [5.41, 5.74) is 0. The molecule has 110 valence electrons. The number of benzene rings is 1. The minimum Gasteiger partial charge on any atom is -0.303 e. The molecule has 2 nitrogen and oxygen atoms in total. The molecule has 1 atom stereocenters. The average Bonchev–Trinajstić information content (AvgIpc) is 2.94. The molecule has 0 radical (unpaired) electrons. The number of fused-ring (bicyclic) bond motifs is 4. The van der Waals surface area contributed by atoms with Gasteiger partial charge in [0.05, 0.1) is 9.58 Å². The third-order valence-corrected chi connectivity index (χ3v) is 6.21. The van der Waals surface area contributed by atoms with Crippen LogP contribution in [0.4, 0.5) is 4.39 Å². The van der Waals surface area contributed by atoms with Gasteiger partial charge in [-0.1, -0.05) is 12.1 Å². The van der Waals surface area contributed by atoms with Crippen molar-refractivity contribution in [3.63, 3.8) is 0 Å². The van der Waals surface area contributed by atoms with Crippen molar-refractivity contribution >= 4 is 27.2 Å². The second-order valence-electron chi connectivity index (χ2n) is 6.29. The molecule has 1 aromatic carbocycles. The van der Waals surface area contributed by atoms with Crippen molar-refractivity contribution in [2.24, 2.45) is 11.8 Å². The number of thiophene rings is 1. The number of carbonyl (C=O) groups excluding carboxylic acids is 1. The number of hydrogen-bond donors (Lipinski definition) is 0. The Morgan fingerprint density at radius 2 is 2.14 bits per heavy atom. The number of Topliss-reactive ketones (excluding diaryl/α,β-unsaturated/α-hetero) is 1. The zero-order chi connectivity index (χ0) is 14.4. The van der Waals surface area contributed by atoms with Gasteiger partial charge in [-0.15, -0.1) is 11.3 Å². The molecule has 3 aliphatic heterocycles. The molecular formula is C17H18FNOS. The lowest BCUT2D eigenvalue weighted by molar-refractivity contribution is 0.0442. The van der Waals surface area contributed by atoms with Crippen LogP contribution in [0.5, 0.6) is 0 Å². The Labute approximate surface area is 127 Å². The van der Waals surface area contributed by atoms with Crippen LogP contribution in [-0.4, -0.2) is 30.3 Å². The summed E-state index contributed by atoms with van der Waals surface area (Å²) in [5, 5.41) is 0.845. The molecule has 3 saturated heterocycles. The van der Waals surface area contributed by atoms with Crippen LogP contribution in [0.2, 0.25) is 0 Å². The number of carbonyl (C=O) groups is 1. The Kier molecular flexibility index (Phi) is 3.31. The van der Waals surface area contributed by atoms with E-state index in [0.29, 0.717) is 27.8 Å². The largest absolute Gasteiger partial charge is 0.303 e. The minimum atomic E-state index is -0.223. The summed E-state index contributed by atoms with van der Waals surface area (Å²) >= 11 is 1.30. The lowest BCUT2D eigenvalue weighted by atomic mass is 9.76. The normalized spacial score (nSPS) is 28.1. The first kappa shape index (κ1) is 13.4. The van der Waals surface area contributed by atoms with E-state index >= 15 is 0 Å². The Bertz CT molecular complexity index is 687. The highest BCUT2D eigenvalue weighted by Crippen LogP contribution is 2.36. The van der Waals surface area contributed by atoms with Crippen LogP contribution in [0.15, 0.2) is 24.3 Å². The number of ketones is 1. The topological polar surface area (TPSA) is 20.3 Å². The van der Waals surface area contributed by atoms with E-state index in [1.165, 1.54) is 43.3 Å². The Morgan fingerprint density at radius 3 is 2.81 bits per heavy atom. The third kappa shape index (κ3) is 2.40. The fraction of sp³-hybridized carbons (Fsp3) is 0.471. The highest BCUT2D eigenvalue weighted by molar-refractivity contribution is 7.20. The van der Waals surface area contributed by atoms with Gasteiger partial charge >= 0.3 is 0 Å². The van der Waals surface area contributed by atoms with Crippen molar-refractivity contribution in [2.45, 2.75) is 19.3 Å². The van der Waals surface area contributed by atoms with Crippen LogP contribution >= 0.6 is 11.3 Å². The molecule has 0 unspecified atom stereocenters. The summed E-state index contributed by atoms with van der Waals surface area (Å²) in [6.07, 6.45) is 3.09. The minimum absolute atomic E-state index is 0.189. The molecule has 0 saturated carbocycles. The summed E-state index contributed by atoms with van der Waals surface area (Å²) in [7, 11) is 0. The van der Waals surface area contributed by atoms with E-state index in [1.54, 1.807) is 6.07 Å². The van der Waals surface area contributed by atoms with Crippen LogP contribution in [-0.2, 0) is 0 Å². The Hall–Kier alpha value is -1.26. The van der Waals surface area contributed by atoms with Crippen molar-refractivity contribution in [1.82, 2.24) is 4.90 Å². The van der Waals surface area contributed by atoms with E-state index in [2.05, 4.69) is 4.90 Å². The fourth-order valence-electron chi connectivity index (χ4n) is 3.82. The summed E-state index contributed by atoms with van der Waals surface area (Å²) in [4.78, 5) is 15.7. The average molecular weight is 303 g/mol. The van der Waals surface area contributed by atoms with Gasteiger partial charge in [0.25, 0.3) is 0 Å². The van der Waals surface area contributed by atoms with Crippen molar-refractivity contribution in [1.29, 1.82) is 0 Å². The van der Waals surface area contributed by atoms with Gasteiger partial charge in [0.1, 0.15) is 5.82 Å². The smallest absolute Gasteiger partial charge is 0.173 e. The fourth-order valence-corrected chi connectivity index (χ4v) is 4.84. The van der Waals surface area contributed by atoms with E-state index in [4.69, 9.17) is 0 Å². The molecular weight excluding hydrogens is 285 g/mol. The number of hydrogen-bond acceptors (Lipinski definition) is 3. The molecule has 1 aromatic heterocycles. The molecule has 2 aromatic rings. The van der Waals surface area contributed by atoms with Crippen LogP contribution in [0, 0.1) is 17.7 Å². The third-order valence-electron chi connectivity index (χ3n) is 5.01. The van der Waals surface area contributed by atoms with Crippen LogP contribution in [0.3, 0.4) is 0 Å². The standard InChI is InChI=1S/C17H18FNOS/c18-14-3-1-2-12-9-16(21-17(12)14)15(20)8-13-10-19-6-4-11(13)5-7-19/h1-3,9,11,13H,4-8,10H2/t13-/m1/s1. The maximum absolute atomic E-state index is 13.7. The van der Waals surface area contributed by atoms with Gasteiger partial charge in [0, 0.05) is 13.0 Å². The van der Waals surface area contributed by atoms with Gasteiger partial charge < -0.3 is 4.90 Å². The quantitative estimate of drug-likeness (QED) is 0.800. The second-order valence-corrected chi connectivity index (χ2v) is 7.35. The van der Waals surface area contributed by atoms with Gasteiger partial charge in [0.2, 0.25) is 0 Å². The molecule has 4 heterocycles. The molecule has 5 rings (SSSR count). The SMILES string of the molecule is O=C(C[C@@H]1CN2CCC1CC2)c1cc2cccc(F)c2s1. The van der Waals surface area contributed by atoms with E-state index in [1.807, 2.05) is 12.1 Å². The summed E-state index contributed by atoms with van der Waals surface area (Å²) < 4.78 is 14.3. The summed E-state index contributed by atoms with van der Waals surface area (Å²) in [5.74, 6) is 1.17. The lowest BCUT2D eigenvalue weighted by Crippen LogP contribution is -2.47. The van der Waals surface area contributed by atoms with Crippen molar-refractivity contribution in [3.8, 4) is 0 Å². The van der Waals surface area contributed by atoms with E-state index in [0.717, 1.165) is 11.9 Å². The van der Waals surface area contributed by atoms with Crippen LogP contribution < -0.4 is 0 Å². The molecule has 0 spiro atoms. The monoisotopic (exact) mass is 303 g/mol. The number of rotatable bonds is 3. The maximum atomic E-state index is 13.7. The number of piperidine rings is 3. The first-order valence-electron chi connectivity index (χ1n) is 7.64. The van der Waals surface area contributed by atoms with Gasteiger partial charge in [0.15, 0.2) is 5.78 Å². The molecule has 2 bridgehead atoms. The maximum Gasteiger partial charge on any atom is 0.173 e. The number of nitrogens with zero attached hydrogens (tertiary/aromatic N) is 1. The van der Waals surface area contributed by atoms with Gasteiger partial charge in [-0.25, -0.2) is 4.39 Å². The predicted molar refractivity (Wildman–Crippen MR) is 83.4 cm³/mol. The van der Waals surface area contributed by atoms with E-state index in [-0.39, 0.29) is 11.6 Å². The molecule has 0 N–H and O–H groups in total. The van der Waals surface area contributed by atoms with Gasteiger partial charge in [-0.05, 0) is 55.3 Å². The molecule has 3 fully saturated rings. The predicted octanol–water partition coefficient (Wildman–Crippen LogP) is 3.96. The van der Waals surface area contributed by atoms with Crippen LogP contribution in [0.25, 0.3) is 10.1 Å². The second kappa shape index (κ2) is 5.18. The van der Waals surface area contributed by atoms with Crippen molar-refractivity contribution in [2.75, 3.05) is 19.6 Å². The highest BCUT2D eigenvalue weighted by Gasteiger charge is 2.35. The molecule has 0 amide bonds. The molecule has 0 aliphatic carbocycles. The van der Waals surface area contributed by atoms with E-state index < -0.39 is 0 Å². The Balaban J connectivity index is 1.55. The van der Waals surface area contributed by atoms with Crippen molar-refractivity contribution < 1.29 is 9.18 Å². The Morgan fingerprint density at radius 1 is 1.33 bits per heavy atom. The first-order valence-corrected chi connectivity index (χ1v) is 8.46. The van der Waals surface area contributed by atoms with Gasteiger partial charge in [-0.3, -0.25) is 4.79 Å². The zero-order valence-electron chi connectivity index (χ0n) is 11.8. The van der Waals surface area contributed by atoms with E-state index in [9.17, 15) is 9.18 Å².